The van der Waals surface area contributed by atoms with Crippen molar-refractivity contribution in [3.05, 3.63) is 76.5 Å². The Labute approximate surface area is 154 Å². The van der Waals surface area contributed by atoms with Gasteiger partial charge < -0.3 is 4.74 Å². The molecule has 0 aliphatic heterocycles. The molecule has 1 aromatic heterocycles. The number of carbonyl (C=O) groups is 2. The van der Waals surface area contributed by atoms with Crippen molar-refractivity contribution in [1.82, 2.24) is 4.98 Å². The summed E-state index contributed by atoms with van der Waals surface area (Å²) in [4.78, 5) is 29.5. The molecule has 0 unspecified atom stereocenters. The number of nitrogens with zero attached hydrogens (tertiary/aromatic N) is 1. The van der Waals surface area contributed by atoms with Crippen molar-refractivity contribution < 1.29 is 18.7 Å². The monoisotopic (exact) mass is 369 g/mol. The van der Waals surface area contributed by atoms with E-state index >= 15 is 0 Å². The SMILES string of the molecule is Cc1nc(-c2ccccc2)sc1C(=O)O[C@H](C)C(=O)c1ccc(F)cc1. The van der Waals surface area contributed by atoms with Crippen LogP contribution < -0.4 is 0 Å². The van der Waals surface area contributed by atoms with E-state index in [1.54, 1.807) is 6.92 Å². The third-order valence-electron chi connectivity index (χ3n) is 3.78. The molecule has 4 nitrogen and oxygen atoms in total. The van der Waals surface area contributed by atoms with Crippen molar-refractivity contribution in [2.24, 2.45) is 0 Å². The summed E-state index contributed by atoms with van der Waals surface area (Å²) in [5.74, 6) is -1.41. The molecule has 0 spiro atoms. The molecule has 132 valence electrons. The van der Waals surface area contributed by atoms with Gasteiger partial charge in [-0.25, -0.2) is 14.2 Å². The third kappa shape index (κ3) is 3.86. The van der Waals surface area contributed by atoms with Gasteiger partial charge in [0, 0.05) is 11.1 Å². The lowest BCUT2D eigenvalue weighted by Gasteiger charge is -2.11. The van der Waals surface area contributed by atoms with E-state index in [9.17, 15) is 14.0 Å². The number of benzene rings is 2. The second-order valence-electron chi connectivity index (χ2n) is 5.72. The number of esters is 1. The molecule has 1 heterocycles. The molecule has 26 heavy (non-hydrogen) atoms. The van der Waals surface area contributed by atoms with Crippen molar-refractivity contribution in [1.29, 1.82) is 0 Å². The summed E-state index contributed by atoms with van der Waals surface area (Å²) in [6.45, 7) is 3.23. The summed E-state index contributed by atoms with van der Waals surface area (Å²) in [7, 11) is 0. The smallest absolute Gasteiger partial charge is 0.350 e. The molecule has 0 bridgehead atoms. The topological polar surface area (TPSA) is 56.3 Å². The van der Waals surface area contributed by atoms with Gasteiger partial charge in [-0.2, -0.15) is 0 Å². The maximum Gasteiger partial charge on any atom is 0.350 e. The lowest BCUT2D eigenvalue weighted by molar-refractivity contribution is 0.0322. The van der Waals surface area contributed by atoms with E-state index < -0.39 is 17.9 Å². The molecule has 0 N–H and O–H groups in total. The molecule has 1 atom stereocenters. The fourth-order valence-corrected chi connectivity index (χ4v) is 3.36. The second-order valence-corrected chi connectivity index (χ2v) is 6.72. The summed E-state index contributed by atoms with van der Waals surface area (Å²) in [5.41, 5.74) is 1.76. The maximum absolute atomic E-state index is 13.0. The molecule has 0 amide bonds. The summed E-state index contributed by atoms with van der Waals surface area (Å²) in [5, 5.41) is 0.715. The van der Waals surface area contributed by atoms with E-state index in [2.05, 4.69) is 4.98 Å². The van der Waals surface area contributed by atoms with Crippen molar-refractivity contribution in [3.63, 3.8) is 0 Å². The number of carbonyl (C=O) groups excluding carboxylic acids is 2. The predicted octanol–water partition coefficient (Wildman–Crippen LogP) is 4.69. The molecular weight excluding hydrogens is 353 g/mol. The second kappa shape index (κ2) is 7.58. The highest BCUT2D eigenvalue weighted by Gasteiger charge is 2.24. The highest BCUT2D eigenvalue weighted by Crippen LogP contribution is 2.28. The highest BCUT2D eigenvalue weighted by atomic mass is 32.1. The van der Waals surface area contributed by atoms with E-state index in [0.29, 0.717) is 15.6 Å². The number of ketones is 1. The van der Waals surface area contributed by atoms with Crippen LogP contribution in [0, 0.1) is 12.7 Å². The van der Waals surface area contributed by atoms with Crippen LogP contribution in [0.5, 0.6) is 0 Å². The van der Waals surface area contributed by atoms with Crippen LogP contribution in [0.25, 0.3) is 10.6 Å². The van der Waals surface area contributed by atoms with Gasteiger partial charge in [0.05, 0.1) is 5.69 Å². The van der Waals surface area contributed by atoms with Crippen LogP contribution in [0.1, 0.15) is 32.6 Å². The van der Waals surface area contributed by atoms with Crippen molar-refractivity contribution >= 4 is 23.1 Å². The average molecular weight is 369 g/mol. The number of halogens is 1. The summed E-state index contributed by atoms with van der Waals surface area (Å²) in [6.07, 6.45) is -0.977. The normalized spacial score (nSPS) is 11.8. The molecule has 0 aliphatic rings. The zero-order chi connectivity index (χ0) is 18.7. The largest absolute Gasteiger partial charge is 0.450 e. The van der Waals surface area contributed by atoms with Gasteiger partial charge in [-0.3, -0.25) is 4.79 Å². The Bertz CT molecular complexity index is 935. The first-order valence-electron chi connectivity index (χ1n) is 7.99. The van der Waals surface area contributed by atoms with Crippen LogP contribution in [0.2, 0.25) is 0 Å². The Kier molecular flexibility index (Phi) is 5.23. The van der Waals surface area contributed by atoms with E-state index in [-0.39, 0.29) is 11.3 Å². The standard InChI is InChI=1S/C20H16FNO3S/c1-12-18(26-19(22-12)15-6-4-3-5-7-15)20(24)25-13(2)17(23)14-8-10-16(21)11-9-14/h3-11,13H,1-2H3/t13-/m1/s1. The first-order valence-corrected chi connectivity index (χ1v) is 8.81. The van der Waals surface area contributed by atoms with Crippen LogP contribution in [0.4, 0.5) is 4.39 Å². The van der Waals surface area contributed by atoms with Crippen LogP contribution in [0.15, 0.2) is 54.6 Å². The molecular formula is C20H16FNO3S. The van der Waals surface area contributed by atoms with E-state index in [1.165, 1.54) is 42.5 Å². The minimum Gasteiger partial charge on any atom is -0.450 e. The highest BCUT2D eigenvalue weighted by molar-refractivity contribution is 7.17. The minimum atomic E-state index is -0.977. The molecule has 2 aromatic carbocycles. The maximum atomic E-state index is 13.0. The van der Waals surface area contributed by atoms with E-state index in [4.69, 9.17) is 4.74 Å². The number of thiazole rings is 1. The molecule has 0 radical (unpaired) electrons. The fraction of sp³-hybridized carbons (Fsp3) is 0.150. The molecule has 0 saturated heterocycles. The molecule has 3 rings (SSSR count). The van der Waals surface area contributed by atoms with Gasteiger partial charge in [0.1, 0.15) is 15.7 Å². The van der Waals surface area contributed by atoms with Gasteiger partial charge in [-0.05, 0) is 38.1 Å². The summed E-state index contributed by atoms with van der Waals surface area (Å²) >= 11 is 1.23. The zero-order valence-electron chi connectivity index (χ0n) is 14.2. The van der Waals surface area contributed by atoms with Crippen molar-refractivity contribution in [2.75, 3.05) is 0 Å². The summed E-state index contributed by atoms with van der Waals surface area (Å²) < 4.78 is 18.3. The lowest BCUT2D eigenvalue weighted by Crippen LogP contribution is -2.24. The Morgan fingerprint density at radius 1 is 1.08 bits per heavy atom. The van der Waals surface area contributed by atoms with Gasteiger partial charge in [0.15, 0.2) is 6.10 Å². The Morgan fingerprint density at radius 2 is 1.73 bits per heavy atom. The minimum absolute atomic E-state index is 0.290. The van der Waals surface area contributed by atoms with Gasteiger partial charge in [-0.1, -0.05) is 30.3 Å². The van der Waals surface area contributed by atoms with Crippen LogP contribution in [0.3, 0.4) is 0 Å². The quantitative estimate of drug-likeness (QED) is 0.484. The first kappa shape index (κ1) is 17.9. The molecule has 3 aromatic rings. The number of aryl methyl sites for hydroxylation is 1. The van der Waals surface area contributed by atoms with Gasteiger partial charge >= 0.3 is 5.97 Å². The lowest BCUT2D eigenvalue weighted by atomic mass is 10.1. The fourth-order valence-electron chi connectivity index (χ4n) is 2.41. The number of rotatable bonds is 5. The Morgan fingerprint density at radius 3 is 2.38 bits per heavy atom. The average Bonchev–Trinajstić information content (AvgIpc) is 3.04. The van der Waals surface area contributed by atoms with Crippen molar-refractivity contribution in [3.8, 4) is 10.6 Å². The van der Waals surface area contributed by atoms with Gasteiger partial charge in [-0.15, -0.1) is 11.3 Å². The number of hydrogen-bond donors (Lipinski definition) is 0. The van der Waals surface area contributed by atoms with Gasteiger partial charge in [0.25, 0.3) is 0 Å². The Balaban J connectivity index is 1.74. The third-order valence-corrected chi connectivity index (χ3v) is 4.97. The Hall–Kier alpha value is -2.86. The van der Waals surface area contributed by atoms with Crippen LogP contribution >= 0.6 is 11.3 Å². The predicted molar refractivity (Wildman–Crippen MR) is 97.9 cm³/mol. The summed E-state index contributed by atoms with van der Waals surface area (Å²) in [6, 6.07) is 14.6. The first-order chi connectivity index (χ1) is 12.5. The zero-order valence-corrected chi connectivity index (χ0v) is 15.0. The van der Waals surface area contributed by atoms with Crippen LogP contribution in [-0.2, 0) is 4.74 Å². The van der Waals surface area contributed by atoms with Crippen LogP contribution in [-0.4, -0.2) is 22.8 Å². The molecule has 6 heteroatoms. The van der Waals surface area contributed by atoms with Crippen molar-refractivity contribution in [2.45, 2.75) is 20.0 Å². The number of hydrogen-bond acceptors (Lipinski definition) is 5. The van der Waals surface area contributed by atoms with E-state index in [1.807, 2.05) is 30.3 Å². The molecule has 0 saturated carbocycles. The number of Topliss-reactive ketones (excluding diaryl/α,β-unsaturated/α-hetero) is 1. The number of aromatic nitrogens is 1. The molecule has 0 fully saturated rings. The van der Waals surface area contributed by atoms with Gasteiger partial charge in [0.2, 0.25) is 5.78 Å². The molecule has 0 aliphatic carbocycles. The van der Waals surface area contributed by atoms with E-state index in [0.717, 1.165) is 5.56 Å². The number of ether oxygens (including phenoxy) is 1.